The second-order valence-corrected chi connectivity index (χ2v) is 4.95. The lowest BCUT2D eigenvalue weighted by Gasteiger charge is -2.06. The molecule has 0 bridgehead atoms. The fourth-order valence-electron chi connectivity index (χ4n) is 1.15. The lowest BCUT2D eigenvalue weighted by Crippen LogP contribution is -2.16. The van der Waals surface area contributed by atoms with Gasteiger partial charge in [-0.3, -0.25) is 9.52 Å². The molecule has 1 rings (SSSR count). The molecule has 0 aromatic heterocycles. The summed E-state index contributed by atoms with van der Waals surface area (Å²) < 4.78 is 25.2. The van der Waals surface area contributed by atoms with Crippen molar-refractivity contribution in [3.63, 3.8) is 0 Å². The molecule has 0 unspecified atom stereocenters. The van der Waals surface area contributed by atoms with Gasteiger partial charge in [0.15, 0.2) is 0 Å². The topological polar surface area (TPSA) is 63.2 Å². The standard InChI is InChI=1S/C10H12NO3S/c1-2-6-15(13,14)11-10-5-3-4-9(7-10)8-12/h3-5,7,11H,2,6H2,1H3. The van der Waals surface area contributed by atoms with E-state index in [1.807, 2.05) is 0 Å². The van der Waals surface area contributed by atoms with Gasteiger partial charge in [0.05, 0.1) is 5.75 Å². The van der Waals surface area contributed by atoms with Crippen LogP contribution < -0.4 is 4.72 Å². The molecule has 0 saturated carbocycles. The van der Waals surface area contributed by atoms with E-state index in [9.17, 15) is 13.2 Å². The number of hydrogen-bond acceptors (Lipinski definition) is 3. The monoisotopic (exact) mass is 226 g/mol. The van der Waals surface area contributed by atoms with Crippen molar-refractivity contribution in [3.8, 4) is 0 Å². The zero-order valence-electron chi connectivity index (χ0n) is 8.36. The molecule has 15 heavy (non-hydrogen) atoms. The van der Waals surface area contributed by atoms with E-state index >= 15 is 0 Å². The van der Waals surface area contributed by atoms with Crippen molar-refractivity contribution >= 4 is 22.0 Å². The summed E-state index contributed by atoms with van der Waals surface area (Å²) in [6.07, 6.45) is 2.25. The normalized spacial score (nSPS) is 11.0. The zero-order valence-corrected chi connectivity index (χ0v) is 9.17. The minimum absolute atomic E-state index is 0.0715. The van der Waals surface area contributed by atoms with Crippen LogP contribution in [-0.4, -0.2) is 20.5 Å². The number of rotatable bonds is 5. The zero-order chi connectivity index (χ0) is 11.3. The van der Waals surface area contributed by atoms with Gasteiger partial charge in [-0.15, -0.1) is 0 Å². The van der Waals surface area contributed by atoms with Crippen LogP contribution in [0, 0.1) is 0 Å². The van der Waals surface area contributed by atoms with Gasteiger partial charge in [0.2, 0.25) is 16.3 Å². The Morgan fingerprint density at radius 1 is 1.40 bits per heavy atom. The Morgan fingerprint density at radius 3 is 2.73 bits per heavy atom. The van der Waals surface area contributed by atoms with Crippen molar-refractivity contribution in [3.05, 3.63) is 29.8 Å². The Morgan fingerprint density at radius 2 is 2.13 bits per heavy atom. The van der Waals surface area contributed by atoms with Gasteiger partial charge in [0.25, 0.3) is 0 Å². The van der Waals surface area contributed by atoms with Crippen LogP contribution >= 0.6 is 0 Å². The molecule has 4 nitrogen and oxygen atoms in total. The van der Waals surface area contributed by atoms with Crippen LogP contribution in [0.15, 0.2) is 24.3 Å². The van der Waals surface area contributed by atoms with E-state index in [4.69, 9.17) is 0 Å². The van der Waals surface area contributed by atoms with E-state index in [-0.39, 0.29) is 5.75 Å². The molecular weight excluding hydrogens is 214 g/mol. The summed E-state index contributed by atoms with van der Waals surface area (Å²) >= 11 is 0. The molecule has 1 N–H and O–H groups in total. The first-order chi connectivity index (χ1) is 7.07. The molecular formula is C10H12NO3S. The fraction of sp³-hybridized carbons (Fsp3) is 0.300. The van der Waals surface area contributed by atoms with Crippen LogP contribution in [0.4, 0.5) is 5.69 Å². The summed E-state index contributed by atoms with van der Waals surface area (Å²) in [5, 5.41) is 0. The highest BCUT2D eigenvalue weighted by Crippen LogP contribution is 2.11. The highest BCUT2D eigenvalue weighted by atomic mass is 32.2. The second-order valence-electron chi connectivity index (χ2n) is 3.10. The highest BCUT2D eigenvalue weighted by Gasteiger charge is 2.08. The van der Waals surface area contributed by atoms with Crippen LogP contribution in [0.5, 0.6) is 0 Å². The average molecular weight is 226 g/mol. The minimum Gasteiger partial charge on any atom is -0.285 e. The largest absolute Gasteiger partial charge is 0.285 e. The Labute approximate surface area is 89.4 Å². The van der Waals surface area contributed by atoms with E-state index in [0.717, 1.165) is 0 Å². The predicted molar refractivity (Wildman–Crippen MR) is 58.9 cm³/mol. The van der Waals surface area contributed by atoms with E-state index < -0.39 is 10.0 Å². The maximum Gasteiger partial charge on any atom is 0.233 e. The van der Waals surface area contributed by atoms with Gasteiger partial charge in [0, 0.05) is 11.3 Å². The van der Waals surface area contributed by atoms with Crippen LogP contribution in [0.25, 0.3) is 0 Å². The summed E-state index contributed by atoms with van der Waals surface area (Å²) in [6.45, 7) is 1.79. The molecule has 0 amide bonds. The van der Waals surface area contributed by atoms with Crippen molar-refractivity contribution in [1.29, 1.82) is 0 Å². The van der Waals surface area contributed by atoms with E-state index in [2.05, 4.69) is 4.72 Å². The van der Waals surface area contributed by atoms with Crippen LogP contribution in [-0.2, 0) is 14.8 Å². The molecule has 0 fully saturated rings. The third-order valence-electron chi connectivity index (χ3n) is 1.73. The SMILES string of the molecule is CCCS(=O)(=O)Nc1cccc([C]=O)c1. The first kappa shape index (κ1) is 11.7. The quantitative estimate of drug-likeness (QED) is 0.823. The maximum atomic E-state index is 11.4. The molecule has 0 aliphatic heterocycles. The molecule has 0 aliphatic carbocycles. The van der Waals surface area contributed by atoms with Gasteiger partial charge < -0.3 is 0 Å². The number of carbonyl (C=O) groups excluding carboxylic acids is 1. The Kier molecular flexibility index (Phi) is 3.85. The summed E-state index contributed by atoms with van der Waals surface area (Å²) in [6, 6.07) is 6.20. The smallest absolute Gasteiger partial charge is 0.233 e. The molecule has 1 aromatic carbocycles. The highest BCUT2D eigenvalue weighted by molar-refractivity contribution is 7.92. The summed E-state index contributed by atoms with van der Waals surface area (Å²) in [5.74, 6) is 0.0715. The van der Waals surface area contributed by atoms with Gasteiger partial charge in [-0.2, -0.15) is 0 Å². The number of benzene rings is 1. The fourth-order valence-corrected chi connectivity index (χ4v) is 2.27. The van der Waals surface area contributed by atoms with Crippen molar-refractivity contribution in [2.24, 2.45) is 0 Å². The molecule has 1 aromatic rings. The van der Waals surface area contributed by atoms with Crippen molar-refractivity contribution in [2.75, 3.05) is 10.5 Å². The first-order valence-corrected chi connectivity index (χ1v) is 6.21. The summed E-state index contributed by atoms with van der Waals surface area (Å²) in [7, 11) is -3.29. The molecule has 5 heteroatoms. The number of sulfonamides is 1. The van der Waals surface area contributed by atoms with Crippen molar-refractivity contribution in [1.82, 2.24) is 0 Å². The van der Waals surface area contributed by atoms with E-state index in [1.54, 1.807) is 31.4 Å². The van der Waals surface area contributed by atoms with Crippen LogP contribution in [0.2, 0.25) is 0 Å². The number of anilines is 1. The van der Waals surface area contributed by atoms with E-state index in [0.29, 0.717) is 17.7 Å². The lowest BCUT2D eigenvalue weighted by atomic mass is 10.2. The van der Waals surface area contributed by atoms with Gasteiger partial charge in [-0.1, -0.05) is 19.1 Å². The van der Waals surface area contributed by atoms with Gasteiger partial charge in [-0.25, -0.2) is 8.42 Å². The third-order valence-corrected chi connectivity index (χ3v) is 3.22. The van der Waals surface area contributed by atoms with Crippen molar-refractivity contribution in [2.45, 2.75) is 13.3 Å². The molecule has 0 heterocycles. The first-order valence-electron chi connectivity index (χ1n) is 4.56. The summed E-state index contributed by atoms with van der Waals surface area (Å²) in [4.78, 5) is 10.3. The van der Waals surface area contributed by atoms with Gasteiger partial charge in [0.1, 0.15) is 0 Å². The van der Waals surface area contributed by atoms with Crippen LogP contribution in [0.1, 0.15) is 18.9 Å². The van der Waals surface area contributed by atoms with Crippen LogP contribution in [0.3, 0.4) is 0 Å². The van der Waals surface area contributed by atoms with Crippen molar-refractivity contribution < 1.29 is 13.2 Å². The molecule has 81 valence electrons. The van der Waals surface area contributed by atoms with Gasteiger partial charge in [-0.05, 0) is 18.6 Å². The number of hydrogen-bond donors (Lipinski definition) is 1. The molecule has 0 aliphatic rings. The Bertz CT molecular complexity index is 440. The predicted octanol–water partition coefficient (Wildman–Crippen LogP) is 1.30. The van der Waals surface area contributed by atoms with E-state index in [1.165, 1.54) is 6.07 Å². The second kappa shape index (κ2) is 4.93. The molecule has 0 saturated heterocycles. The molecule has 0 atom stereocenters. The Balaban J connectivity index is 2.85. The molecule has 1 radical (unpaired) electrons. The average Bonchev–Trinajstić information content (AvgIpc) is 2.17. The van der Waals surface area contributed by atoms with Gasteiger partial charge >= 0.3 is 0 Å². The summed E-state index contributed by atoms with van der Waals surface area (Å²) in [5.41, 5.74) is 0.719. The maximum absolute atomic E-state index is 11.4. The third kappa shape index (κ3) is 3.71. The number of nitrogens with one attached hydrogen (secondary N) is 1. The Hall–Kier alpha value is -1.36. The lowest BCUT2D eigenvalue weighted by molar-refractivity contribution is 0.562. The molecule has 0 spiro atoms. The minimum atomic E-state index is -3.29.